The van der Waals surface area contributed by atoms with Crippen molar-refractivity contribution in [3.05, 3.63) is 58.1 Å². The molecule has 202 valence electrons. The maximum absolute atomic E-state index is 13.8. The van der Waals surface area contributed by atoms with Crippen LogP contribution in [0.1, 0.15) is 44.6 Å². The molecule has 0 unspecified atom stereocenters. The molecule has 1 aliphatic carbocycles. The Labute approximate surface area is 228 Å². The molecule has 1 saturated carbocycles. The van der Waals surface area contributed by atoms with Crippen LogP contribution in [0.4, 0.5) is 5.69 Å². The van der Waals surface area contributed by atoms with Crippen LogP contribution in [0, 0.1) is 0 Å². The number of carbonyl (C=O) groups excluding carboxylic acids is 2. The Morgan fingerprint density at radius 2 is 1.76 bits per heavy atom. The summed E-state index contributed by atoms with van der Waals surface area (Å²) in [5.74, 6) is -0.111. The van der Waals surface area contributed by atoms with Crippen molar-refractivity contribution < 1.29 is 22.7 Å². The van der Waals surface area contributed by atoms with Gasteiger partial charge in [-0.15, -0.1) is 0 Å². The number of anilines is 1. The van der Waals surface area contributed by atoms with Gasteiger partial charge in [-0.3, -0.25) is 13.9 Å². The van der Waals surface area contributed by atoms with Crippen molar-refractivity contribution in [3.8, 4) is 5.75 Å². The molecule has 1 atom stereocenters. The van der Waals surface area contributed by atoms with Crippen LogP contribution in [0.3, 0.4) is 0 Å². The molecule has 0 saturated heterocycles. The summed E-state index contributed by atoms with van der Waals surface area (Å²) < 4.78 is 31.6. The second-order valence-electron chi connectivity index (χ2n) is 9.15. The maximum Gasteiger partial charge on any atom is 0.244 e. The van der Waals surface area contributed by atoms with E-state index in [-0.39, 0.29) is 29.2 Å². The molecule has 1 N–H and O–H groups in total. The van der Waals surface area contributed by atoms with Crippen molar-refractivity contribution in [1.82, 2.24) is 10.2 Å². The predicted octanol–water partition coefficient (Wildman–Crippen LogP) is 4.63. The van der Waals surface area contributed by atoms with E-state index in [0.29, 0.717) is 17.2 Å². The minimum Gasteiger partial charge on any atom is -0.497 e. The summed E-state index contributed by atoms with van der Waals surface area (Å²) in [4.78, 5) is 28.5. The van der Waals surface area contributed by atoms with Crippen molar-refractivity contribution in [3.63, 3.8) is 0 Å². The second kappa shape index (κ2) is 12.8. The topological polar surface area (TPSA) is 96.0 Å². The fraction of sp³-hybridized carbons (Fsp3) is 0.462. The van der Waals surface area contributed by atoms with Crippen molar-refractivity contribution in [2.75, 3.05) is 24.2 Å². The fourth-order valence-corrected chi connectivity index (χ4v) is 5.92. The normalized spacial score (nSPS) is 14.7. The Hall–Kier alpha value is -2.49. The molecule has 2 aromatic carbocycles. The molecular formula is C26H33Cl2N3O5S. The van der Waals surface area contributed by atoms with Gasteiger partial charge in [0.05, 0.1) is 24.1 Å². The summed E-state index contributed by atoms with van der Waals surface area (Å²) in [5.41, 5.74) is 0.909. The number of nitrogens with zero attached hydrogens (tertiary/aromatic N) is 2. The fourth-order valence-electron chi connectivity index (χ4n) is 4.49. The zero-order chi connectivity index (χ0) is 27.2. The summed E-state index contributed by atoms with van der Waals surface area (Å²) in [6.45, 7) is 1.42. The number of methoxy groups -OCH3 is 1. The lowest BCUT2D eigenvalue weighted by Gasteiger charge is -2.33. The van der Waals surface area contributed by atoms with Gasteiger partial charge in [0.25, 0.3) is 0 Å². The standard InChI is InChI=1S/C26H33Cl2N3O5S/c1-4-23(26(33)29-20-7-5-6-8-20)30(16-18-9-12-21(36-2)13-10-18)25(32)17-31(37(3,34)35)24-14-11-19(27)15-22(24)28/h9-15,20,23H,4-8,16-17H2,1-3H3,(H,29,33)/t23-/m1/s1. The first-order chi connectivity index (χ1) is 17.5. The third kappa shape index (κ3) is 7.75. The molecular weight excluding hydrogens is 537 g/mol. The van der Waals surface area contributed by atoms with Gasteiger partial charge in [-0.1, -0.05) is 55.1 Å². The summed E-state index contributed by atoms with van der Waals surface area (Å²) in [7, 11) is -2.33. The number of carbonyl (C=O) groups is 2. The highest BCUT2D eigenvalue weighted by Crippen LogP contribution is 2.31. The highest BCUT2D eigenvalue weighted by Gasteiger charge is 2.33. The summed E-state index contributed by atoms with van der Waals surface area (Å²) in [6.07, 6.45) is 5.30. The monoisotopic (exact) mass is 569 g/mol. The van der Waals surface area contributed by atoms with E-state index in [0.717, 1.165) is 41.8 Å². The number of halogens is 2. The van der Waals surface area contributed by atoms with Crippen molar-refractivity contribution in [2.45, 2.75) is 57.7 Å². The largest absolute Gasteiger partial charge is 0.497 e. The number of hydrogen-bond donors (Lipinski definition) is 1. The molecule has 2 aromatic rings. The van der Waals surface area contributed by atoms with Gasteiger partial charge in [0.1, 0.15) is 18.3 Å². The lowest BCUT2D eigenvalue weighted by molar-refractivity contribution is -0.140. The van der Waals surface area contributed by atoms with E-state index in [1.165, 1.54) is 23.1 Å². The molecule has 11 heteroatoms. The van der Waals surface area contributed by atoms with Gasteiger partial charge in [0.2, 0.25) is 21.8 Å². The van der Waals surface area contributed by atoms with E-state index in [1.807, 2.05) is 19.1 Å². The number of hydrogen-bond acceptors (Lipinski definition) is 5. The molecule has 1 aliphatic rings. The van der Waals surface area contributed by atoms with Crippen molar-refractivity contribution >= 4 is 50.7 Å². The highest BCUT2D eigenvalue weighted by atomic mass is 35.5. The molecule has 0 radical (unpaired) electrons. The van der Waals surface area contributed by atoms with Gasteiger partial charge < -0.3 is 15.0 Å². The van der Waals surface area contributed by atoms with Crippen LogP contribution >= 0.6 is 23.2 Å². The van der Waals surface area contributed by atoms with E-state index in [4.69, 9.17) is 27.9 Å². The lowest BCUT2D eigenvalue weighted by atomic mass is 10.1. The van der Waals surface area contributed by atoms with E-state index in [2.05, 4.69) is 5.32 Å². The number of amides is 2. The number of nitrogens with one attached hydrogen (secondary N) is 1. The second-order valence-corrected chi connectivity index (χ2v) is 11.9. The van der Waals surface area contributed by atoms with E-state index < -0.39 is 28.5 Å². The molecule has 37 heavy (non-hydrogen) atoms. The van der Waals surface area contributed by atoms with Crippen molar-refractivity contribution in [1.29, 1.82) is 0 Å². The van der Waals surface area contributed by atoms with Gasteiger partial charge in [0.15, 0.2) is 0 Å². The van der Waals surface area contributed by atoms with Crippen LogP contribution in [0.15, 0.2) is 42.5 Å². The zero-order valence-electron chi connectivity index (χ0n) is 21.2. The zero-order valence-corrected chi connectivity index (χ0v) is 23.6. The van der Waals surface area contributed by atoms with Crippen LogP contribution in [-0.4, -0.2) is 57.1 Å². The molecule has 3 rings (SSSR count). The van der Waals surface area contributed by atoms with Crippen LogP contribution in [0.25, 0.3) is 0 Å². The minimum absolute atomic E-state index is 0.0832. The molecule has 0 bridgehead atoms. The number of sulfonamides is 1. The third-order valence-corrected chi connectivity index (χ3v) is 8.12. The van der Waals surface area contributed by atoms with Gasteiger partial charge in [-0.05, 0) is 55.2 Å². The quantitative estimate of drug-likeness (QED) is 0.425. The van der Waals surface area contributed by atoms with Crippen LogP contribution in [0.5, 0.6) is 5.75 Å². The Balaban J connectivity index is 1.94. The number of ether oxygens (including phenoxy) is 1. The third-order valence-electron chi connectivity index (χ3n) is 6.46. The average molecular weight is 571 g/mol. The molecule has 2 amide bonds. The SMILES string of the molecule is CC[C@H](C(=O)NC1CCCC1)N(Cc1ccc(OC)cc1)C(=O)CN(c1ccc(Cl)cc1Cl)S(C)(=O)=O. The number of benzene rings is 2. The molecule has 0 aromatic heterocycles. The van der Waals surface area contributed by atoms with Crippen LogP contribution in [-0.2, 0) is 26.2 Å². The summed E-state index contributed by atoms with van der Waals surface area (Å²) in [5, 5.41) is 3.51. The minimum atomic E-state index is -3.89. The summed E-state index contributed by atoms with van der Waals surface area (Å²) >= 11 is 12.3. The molecule has 1 fully saturated rings. The first-order valence-electron chi connectivity index (χ1n) is 12.2. The Bertz CT molecular complexity index is 1200. The first kappa shape index (κ1) is 29.1. The molecule has 8 nitrogen and oxygen atoms in total. The highest BCUT2D eigenvalue weighted by molar-refractivity contribution is 7.92. The van der Waals surface area contributed by atoms with Gasteiger partial charge in [-0.2, -0.15) is 0 Å². The molecule has 0 heterocycles. The first-order valence-corrected chi connectivity index (χ1v) is 14.8. The van der Waals surface area contributed by atoms with E-state index >= 15 is 0 Å². The molecule has 0 spiro atoms. The van der Waals surface area contributed by atoms with E-state index in [9.17, 15) is 18.0 Å². The number of rotatable bonds is 11. The summed E-state index contributed by atoms with van der Waals surface area (Å²) in [6, 6.07) is 10.8. The van der Waals surface area contributed by atoms with Gasteiger partial charge in [-0.25, -0.2) is 8.42 Å². The van der Waals surface area contributed by atoms with E-state index in [1.54, 1.807) is 19.2 Å². The Kier molecular flexibility index (Phi) is 10.1. The van der Waals surface area contributed by atoms with Gasteiger partial charge >= 0.3 is 0 Å². The smallest absolute Gasteiger partial charge is 0.244 e. The average Bonchev–Trinajstić information content (AvgIpc) is 3.35. The van der Waals surface area contributed by atoms with Gasteiger partial charge in [0, 0.05) is 17.6 Å². The van der Waals surface area contributed by atoms with Crippen LogP contribution < -0.4 is 14.4 Å². The Morgan fingerprint density at radius 3 is 2.30 bits per heavy atom. The lowest BCUT2D eigenvalue weighted by Crippen LogP contribution is -2.53. The predicted molar refractivity (Wildman–Crippen MR) is 147 cm³/mol. The maximum atomic E-state index is 13.8. The molecule has 0 aliphatic heterocycles. The van der Waals surface area contributed by atoms with Crippen molar-refractivity contribution in [2.24, 2.45) is 0 Å². The Morgan fingerprint density at radius 1 is 1.11 bits per heavy atom. The van der Waals surface area contributed by atoms with Crippen LogP contribution in [0.2, 0.25) is 10.0 Å².